The van der Waals surface area contributed by atoms with Crippen molar-refractivity contribution in [3.63, 3.8) is 0 Å². The summed E-state index contributed by atoms with van der Waals surface area (Å²) < 4.78 is 34.3. The van der Waals surface area contributed by atoms with Gasteiger partial charge in [-0.1, -0.05) is 34.8 Å². The summed E-state index contributed by atoms with van der Waals surface area (Å²) in [6.07, 6.45) is -0.723. The summed E-state index contributed by atoms with van der Waals surface area (Å²) >= 11 is 29.3. The first-order valence-electron chi connectivity index (χ1n) is 24.2. The van der Waals surface area contributed by atoms with Gasteiger partial charge in [0.15, 0.2) is 11.3 Å². The van der Waals surface area contributed by atoms with E-state index < -0.39 is 58.1 Å². The van der Waals surface area contributed by atoms with Crippen LogP contribution in [0, 0.1) is 0 Å². The molecule has 24 nitrogen and oxygen atoms in total. The number of aromatic hydroxyl groups is 1. The van der Waals surface area contributed by atoms with Crippen LogP contribution in [-0.4, -0.2) is 120 Å². The van der Waals surface area contributed by atoms with E-state index in [1.54, 1.807) is 86.5 Å². The number of fused-ring (bicyclic) bond motifs is 3. The van der Waals surface area contributed by atoms with Gasteiger partial charge in [0.05, 0.1) is 99.3 Å². The fourth-order valence-electron chi connectivity index (χ4n) is 6.15. The number of nitrogens with one attached hydrogen (secondary N) is 3. The summed E-state index contributed by atoms with van der Waals surface area (Å²) in [5, 5.41) is 20.9. The molecule has 0 fully saturated rings. The van der Waals surface area contributed by atoms with Gasteiger partial charge < -0.3 is 59.3 Å². The van der Waals surface area contributed by atoms with E-state index in [4.69, 9.17) is 66.3 Å². The fraction of sp³-hybridized carbons (Fsp3) is 0.269. The Balaban J connectivity index is 0.000000271. The lowest BCUT2D eigenvalue weighted by Crippen LogP contribution is -2.20. The van der Waals surface area contributed by atoms with Crippen LogP contribution in [0.25, 0.3) is 30.6 Å². The van der Waals surface area contributed by atoms with Gasteiger partial charge >= 0.3 is 41.8 Å². The van der Waals surface area contributed by atoms with Crippen LogP contribution in [0.3, 0.4) is 0 Å². The van der Waals surface area contributed by atoms with Gasteiger partial charge in [-0.05, 0) is 103 Å². The van der Waals surface area contributed by atoms with Gasteiger partial charge in [-0.15, -0.1) is 56.7 Å². The molecule has 0 bridgehead atoms. The number of nitrogens with two attached hydrogens (primary N) is 1. The summed E-state index contributed by atoms with van der Waals surface area (Å²) in [5.74, 6) is -4.96. The van der Waals surface area contributed by atoms with Crippen molar-refractivity contribution in [1.29, 1.82) is 0 Å². The number of methoxy groups -OCH3 is 2. The standard InChI is InChI=1S/C11H13NO5S.C10H7Cl2NO2S.C10H8ClNO3S.C10H9NO4S.C6H7NO2S.C5H7ClO3/c1-3-17-9(14)6-8(13)12-7-4-5-18-10(7)11(15)16-2;1-2-15-10(14)6-7(11)8-5(3-4-16-8)13-9(6)12;1-2-15-10(14)6-7(11)8-5(3-4-16-8)12-9(6)13;1-2-15-10(14)6-7(12)8-5(3-4-16-8)11-9(6)13;1-9-6(8)5-4(7)2-3-10-5;1-2-9-5(8)3-4(6)7/h4-5H,3,6H2,1-2H3,(H,12,13);3-4H,2H2,1H3;3-4H,2H2,1H3,(H,12,13);3-4H,2H2,1H3,(H2,11,12,13);2-3H,7H2,1H3;2-3H2,1H3. The highest BCUT2D eigenvalue weighted by Crippen LogP contribution is 2.35. The summed E-state index contributed by atoms with van der Waals surface area (Å²) in [6, 6.07) is 8.45. The Labute approximate surface area is 521 Å². The maximum atomic E-state index is 11.6. The number of anilines is 2. The number of nitrogen functional groups attached to an aromatic ring is 1. The van der Waals surface area contributed by atoms with E-state index in [-0.39, 0.29) is 89.3 Å². The first-order valence-corrected chi connectivity index (χ1v) is 30.1. The number of carbonyl (C=O) groups is 9. The van der Waals surface area contributed by atoms with Gasteiger partial charge in [0, 0.05) is 0 Å². The number of ether oxygens (including phenoxy) is 7. The van der Waals surface area contributed by atoms with Gasteiger partial charge in [-0.3, -0.25) is 28.8 Å². The van der Waals surface area contributed by atoms with Crippen LogP contribution < -0.4 is 22.2 Å². The highest BCUT2D eigenvalue weighted by molar-refractivity contribution is 7.18. The lowest BCUT2D eigenvalue weighted by molar-refractivity contribution is -0.146. The molecule has 0 unspecified atom stereocenters. The van der Waals surface area contributed by atoms with Crippen LogP contribution in [0.1, 0.15) is 97.9 Å². The Morgan fingerprint density at radius 1 is 0.553 bits per heavy atom. The average molecular weight is 1350 g/mol. The quantitative estimate of drug-likeness (QED) is 0.0209. The number of halogens is 4. The van der Waals surface area contributed by atoms with Crippen molar-refractivity contribution in [3.8, 4) is 5.75 Å². The number of nitrogens with zero attached hydrogens (tertiary/aromatic N) is 1. The average Bonchev–Trinajstić information content (AvgIpc) is 4.42. The van der Waals surface area contributed by atoms with Crippen LogP contribution in [0.2, 0.25) is 15.2 Å². The van der Waals surface area contributed by atoms with Gasteiger partial charge in [-0.25, -0.2) is 29.0 Å². The van der Waals surface area contributed by atoms with Gasteiger partial charge in [0.2, 0.25) is 11.1 Å². The molecule has 0 aromatic carbocycles. The van der Waals surface area contributed by atoms with Crippen molar-refractivity contribution in [3.05, 3.63) is 120 Å². The number of hydrogen-bond acceptors (Lipinski definition) is 26. The van der Waals surface area contributed by atoms with Crippen molar-refractivity contribution < 1.29 is 81.4 Å². The number of esters is 7. The lowest BCUT2D eigenvalue weighted by Gasteiger charge is -2.06. The number of thiophene rings is 5. The molecule has 0 saturated carbocycles. The Morgan fingerprint density at radius 3 is 1.52 bits per heavy atom. The van der Waals surface area contributed by atoms with E-state index in [0.29, 0.717) is 47.2 Å². The number of amides is 1. The van der Waals surface area contributed by atoms with E-state index >= 15 is 0 Å². The summed E-state index contributed by atoms with van der Waals surface area (Å²) in [4.78, 5) is 133. The molecule has 0 saturated heterocycles. The molecule has 1 amide bonds. The molecule has 0 radical (unpaired) electrons. The third-order valence-corrected chi connectivity index (χ3v) is 15.6. The predicted molar refractivity (Wildman–Crippen MR) is 327 cm³/mol. The fourth-order valence-corrected chi connectivity index (χ4v) is 11.2. The summed E-state index contributed by atoms with van der Waals surface area (Å²) in [7, 11) is 2.59. The molecule has 0 aliphatic rings. The Hall–Kier alpha value is -7.48. The van der Waals surface area contributed by atoms with E-state index in [9.17, 15) is 57.8 Å². The van der Waals surface area contributed by atoms with Crippen molar-refractivity contribution in [2.45, 2.75) is 47.5 Å². The second kappa shape index (κ2) is 36.4. The minimum absolute atomic E-state index is 0.0781. The van der Waals surface area contributed by atoms with Gasteiger partial charge in [0.25, 0.3) is 11.1 Å². The number of H-pyrrole nitrogens is 2. The Morgan fingerprint density at radius 2 is 0.988 bits per heavy atom. The number of hydrogen-bond donors (Lipinski definition) is 5. The molecule has 0 atom stereocenters. The monoisotopic (exact) mass is 1350 g/mol. The molecule has 85 heavy (non-hydrogen) atoms. The zero-order valence-electron chi connectivity index (χ0n) is 45.6. The summed E-state index contributed by atoms with van der Waals surface area (Å²) in [5.41, 5.74) is 6.60. The van der Waals surface area contributed by atoms with Crippen LogP contribution in [0.4, 0.5) is 11.4 Å². The van der Waals surface area contributed by atoms with Crippen molar-refractivity contribution in [2.75, 3.05) is 58.3 Å². The second-order valence-corrected chi connectivity index (χ2v) is 21.4. The Kier molecular flexibility index (Phi) is 30.7. The molecule has 8 heterocycles. The molecule has 33 heteroatoms. The second-order valence-electron chi connectivity index (χ2n) is 15.3. The molecular weight excluding hydrogens is 1300 g/mol. The van der Waals surface area contributed by atoms with E-state index in [2.05, 4.69) is 39.2 Å². The molecule has 6 N–H and O–H groups in total. The number of aromatic nitrogens is 3. The van der Waals surface area contributed by atoms with Crippen LogP contribution in [-0.2, 0) is 52.3 Å². The minimum atomic E-state index is -0.809. The first-order chi connectivity index (χ1) is 40.4. The highest BCUT2D eigenvalue weighted by Gasteiger charge is 2.24. The molecule has 0 aliphatic heterocycles. The topological polar surface area (TPSA) is 355 Å². The van der Waals surface area contributed by atoms with Gasteiger partial charge in [0.1, 0.15) is 38.9 Å². The molecule has 8 aromatic rings. The zero-order chi connectivity index (χ0) is 63.5. The molecule has 0 aliphatic carbocycles. The van der Waals surface area contributed by atoms with Crippen LogP contribution in [0.5, 0.6) is 5.75 Å². The third-order valence-electron chi connectivity index (χ3n) is 9.65. The zero-order valence-corrected chi connectivity index (χ0v) is 52.7. The molecule has 8 rings (SSSR count). The molecular formula is C52H51Cl4N5O19S5. The largest absolute Gasteiger partial charge is 0.505 e. The van der Waals surface area contributed by atoms with Crippen LogP contribution >= 0.6 is 103 Å². The maximum absolute atomic E-state index is 11.6. The number of pyridine rings is 3. The molecule has 0 spiro atoms. The maximum Gasteiger partial charge on any atom is 0.350 e. The van der Waals surface area contributed by atoms with E-state index in [1.807, 2.05) is 5.38 Å². The SMILES string of the molecule is CCOC(=O)CC(=O)Cl.CCOC(=O)CC(=O)Nc1ccsc1C(=O)OC.CCOC(=O)c1c(Cl)c2sccc2[nH]c1=O.CCOC(=O)c1c(Cl)nc2ccsc2c1Cl.CCOC(=O)c1c(O)c2sccc2[nH]c1=O.COC(=O)c1sccc1N. The molecule has 456 valence electrons. The van der Waals surface area contributed by atoms with E-state index in [0.717, 1.165) is 16.0 Å². The van der Waals surface area contributed by atoms with Crippen molar-refractivity contribution in [2.24, 2.45) is 0 Å². The van der Waals surface area contributed by atoms with E-state index in [1.165, 1.54) is 59.6 Å². The summed E-state index contributed by atoms with van der Waals surface area (Å²) in [6.45, 7) is 9.47. The highest BCUT2D eigenvalue weighted by atomic mass is 35.5. The normalized spacial score (nSPS) is 10.1. The number of rotatable bonds is 15. The van der Waals surface area contributed by atoms with Gasteiger partial charge in [-0.2, -0.15) is 0 Å². The predicted octanol–water partition coefficient (Wildman–Crippen LogP) is 10.9. The van der Waals surface area contributed by atoms with Crippen LogP contribution in [0.15, 0.2) is 66.8 Å². The minimum Gasteiger partial charge on any atom is -0.505 e. The smallest absolute Gasteiger partial charge is 0.350 e. The lowest BCUT2D eigenvalue weighted by atomic mass is 10.2. The third kappa shape index (κ3) is 21.2. The van der Waals surface area contributed by atoms with Crippen molar-refractivity contribution >= 4 is 198 Å². The van der Waals surface area contributed by atoms with Crippen molar-refractivity contribution in [1.82, 2.24) is 15.0 Å². The number of carbonyl (C=O) groups excluding carboxylic acids is 9. The first kappa shape index (κ1) is 71.8. The molecule has 8 aromatic heterocycles. The number of aromatic amines is 2. The Bertz CT molecular complexity index is 3670.